The largest absolute Gasteiger partial charge is 1.00 e. The van der Waals surface area contributed by atoms with E-state index in [9.17, 15) is 0 Å². The molecule has 0 bridgehead atoms. The van der Waals surface area contributed by atoms with Gasteiger partial charge in [0.2, 0.25) is 0 Å². The van der Waals surface area contributed by atoms with Crippen molar-refractivity contribution in [2.45, 2.75) is 40.0 Å². The Hall–Kier alpha value is -2.09. The van der Waals surface area contributed by atoms with E-state index in [1.165, 1.54) is 27.1 Å². The van der Waals surface area contributed by atoms with E-state index in [-0.39, 0.29) is 43.9 Å². The Bertz CT molecular complexity index is 1200. The molecule has 0 aliphatic carbocycles. The summed E-state index contributed by atoms with van der Waals surface area (Å²) in [6.45, 7) is 14.1. The van der Waals surface area contributed by atoms with Crippen LogP contribution in [0.3, 0.4) is 0 Å². The van der Waals surface area contributed by atoms with Gasteiger partial charge in [0.15, 0.2) is 0 Å². The summed E-state index contributed by atoms with van der Waals surface area (Å²) in [5.74, 6) is 0. The number of nitrogens with zero attached hydrogens (tertiary/aromatic N) is 5. The number of allylic oxidation sites excluding steroid dienone is 1. The van der Waals surface area contributed by atoms with Crippen molar-refractivity contribution >= 4 is 48.0 Å². The maximum absolute atomic E-state index is 4.50. The van der Waals surface area contributed by atoms with Crippen LogP contribution in [-0.2, 0) is 5.41 Å². The fraction of sp³-hybridized carbons (Fsp3) is 0.333. The van der Waals surface area contributed by atoms with E-state index in [0.717, 1.165) is 30.0 Å². The maximum atomic E-state index is 4.50. The molecule has 7 heteroatoms. The molecule has 1 aliphatic heterocycles. The van der Waals surface area contributed by atoms with Crippen molar-refractivity contribution in [3.63, 3.8) is 0 Å². The van der Waals surface area contributed by atoms with Gasteiger partial charge in [-0.3, -0.25) is 0 Å². The Balaban J connectivity index is 0.00000324. The molecule has 0 fully saturated rings. The fourth-order valence-electron chi connectivity index (χ4n) is 4.46. The van der Waals surface area contributed by atoms with Gasteiger partial charge in [0.05, 0.1) is 0 Å². The van der Waals surface area contributed by atoms with Crippen LogP contribution in [0.1, 0.15) is 44.6 Å². The fourth-order valence-corrected chi connectivity index (χ4v) is 5.80. The third-order valence-electron chi connectivity index (χ3n) is 6.26. The summed E-state index contributed by atoms with van der Waals surface area (Å²) in [7, 11) is 0. The number of hydrogen-bond acceptors (Lipinski definition) is 4. The van der Waals surface area contributed by atoms with E-state index in [1.54, 1.807) is 0 Å². The van der Waals surface area contributed by atoms with Crippen LogP contribution in [0.4, 0.5) is 21.8 Å². The molecule has 34 heavy (non-hydrogen) atoms. The second-order valence-electron chi connectivity index (χ2n) is 8.54. The molecule has 0 saturated heterocycles. The van der Waals surface area contributed by atoms with Crippen LogP contribution < -0.4 is 28.9 Å². The van der Waals surface area contributed by atoms with Crippen molar-refractivity contribution < 1.29 is 28.6 Å². The van der Waals surface area contributed by atoms with Crippen LogP contribution in [0, 0.1) is 0 Å². The summed E-state index contributed by atoms with van der Waals surface area (Å²) in [4.78, 5) is 6.82. The Kier molecular flexibility index (Phi) is 9.01. The topological polar surface area (TPSA) is 43.9 Å². The number of aromatic nitrogens is 1. The van der Waals surface area contributed by atoms with Gasteiger partial charge < -0.3 is 24.0 Å². The van der Waals surface area contributed by atoms with Gasteiger partial charge in [-0.1, -0.05) is 0 Å². The first-order chi connectivity index (χ1) is 16.0. The van der Waals surface area contributed by atoms with Crippen LogP contribution in [0.2, 0.25) is 0 Å². The summed E-state index contributed by atoms with van der Waals surface area (Å²) in [5, 5.41) is 8.82. The SMILES string of the molecule is CCN(CC)c1ccc(N=Nc2ncc(/C=C/C3=[N+](CC)c4ccccc4C3(C)C)[se]2)cc1.[I-]. The van der Waals surface area contributed by atoms with Crippen LogP contribution in [0.15, 0.2) is 71.0 Å². The molecule has 3 aromatic rings. The Morgan fingerprint density at radius 2 is 1.68 bits per heavy atom. The van der Waals surface area contributed by atoms with Gasteiger partial charge in [-0.15, -0.1) is 0 Å². The van der Waals surface area contributed by atoms with E-state index in [0.29, 0.717) is 0 Å². The average molecular weight is 632 g/mol. The first-order valence-corrected chi connectivity index (χ1v) is 13.3. The van der Waals surface area contributed by atoms with Crippen LogP contribution >= 0.6 is 0 Å². The molecule has 0 atom stereocenters. The van der Waals surface area contributed by atoms with Crippen molar-refractivity contribution in [1.82, 2.24) is 4.98 Å². The molecule has 4 rings (SSSR count). The molecule has 2 heterocycles. The number of anilines is 1. The third kappa shape index (κ3) is 5.42. The minimum atomic E-state index is -0.0179. The molecule has 0 amide bonds. The summed E-state index contributed by atoms with van der Waals surface area (Å²) in [6.07, 6.45) is 6.40. The molecule has 2 aromatic carbocycles. The number of rotatable bonds is 8. The van der Waals surface area contributed by atoms with E-state index < -0.39 is 0 Å². The van der Waals surface area contributed by atoms with E-state index >= 15 is 0 Å². The second-order valence-corrected chi connectivity index (χ2v) is 10.7. The predicted molar refractivity (Wildman–Crippen MR) is 139 cm³/mol. The van der Waals surface area contributed by atoms with E-state index in [1.807, 2.05) is 18.3 Å². The Labute approximate surface area is 226 Å². The van der Waals surface area contributed by atoms with E-state index in [4.69, 9.17) is 0 Å². The first-order valence-electron chi connectivity index (χ1n) is 11.6. The Morgan fingerprint density at radius 3 is 2.35 bits per heavy atom. The minimum absolute atomic E-state index is 0. The summed E-state index contributed by atoms with van der Waals surface area (Å²) in [5.41, 5.74) is 6.07. The van der Waals surface area contributed by atoms with Crippen molar-refractivity contribution in [1.29, 1.82) is 0 Å². The quantitative estimate of drug-likeness (QED) is 0.165. The molecule has 0 spiro atoms. The molecular weight excluding hydrogens is 600 g/mol. The zero-order valence-electron chi connectivity index (χ0n) is 20.5. The van der Waals surface area contributed by atoms with Crippen LogP contribution in [-0.4, -0.2) is 49.4 Å². The summed E-state index contributed by atoms with van der Waals surface area (Å²) >= 11 is 0.0639. The smallest absolute Gasteiger partial charge is 1.00 e. The molecule has 0 N–H and O–H groups in total. The van der Waals surface area contributed by atoms with Gasteiger partial charge in [-0.2, -0.15) is 0 Å². The van der Waals surface area contributed by atoms with Crippen LogP contribution in [0.5, 0.6) is 0 Å². The second kappa shape index (κ2) is 11.6. The van der Waals surface area contributed by atoms with E-state index in [2.05, 4.69) is 108 Å². The van der Waals surface area contributed by atoms with Crippen LogP contribution in [0.25, 0.3) is 6.08 Å². The number of benzene rings is 2. The monoisotopic (exact) mass is 633 g/mol. The zero-order valence-corrected chi connectivity index (χ0v) is 24.4. The van der Waals surface area contributed by atoms with Gasteiger partial charge in [-0.05, 0) is 0 Å². The maximum Gasteiger partial charge on any atom is -1.00 e. The molecule has 0 saturated carbocycles. The van der Waals surface area contributed by atoms with Crippen molar-refractivity contribution in [3.05, 3.63) is 70.8 Å². The molecule has 178 valence electrons. The standard InChI is InChI=1S/C27H32N5Se.HI/c1-6-31(7-2)21-15-13-20(14-16-21)29-30-26-28-19-22(33-26)17-18-25-27(4,5)23-11-9-10-12-24(23)32(25)8-3;/h9-19H,6-8H2,1-5H3;1H/q+1;/p-1. The molecule has 5 nitrogen and oxygen atoms in total. The number of para-hydroxylation sites is 1. The average Bonchev–Trinajstić information content (AvgIpc) is 3.37. The normalized spacial score (nSPS) is 14.6. The minimum Gasteiger partial charge on any atom is -1.00 e. The van der Waals surface area contributed by atoms with Gasteiger partial charge >= 0.3 is 203 Å². The van der Waals surface area contributed by atoms with Crippen molar-refractivity contribution in [2.24, 2.45) is 10.2 Å². The Morgan fingerprint density at radius 1 is 0.971 bits per heavy atom. The third-order valence-corrected chi connectivity index (χ3v) is 8.04. The zero-order chi connectivity index (χ0) is 23.4. The molecule has 1 aromatic heterocycles. The number of fused-ring (bicyclic) bond motifs is 1. The van der Waals surface area contributed by atoms with Gasteiger partial charge in [0.25, 0.3) is 0 Å². The van der Waals surface area contributed by atoms with Crippen molar-refractivity contribution in [2.75, 3.05) is 24.5 Å². The molecule has 0 radical (unpaired) electrons. The van der Waals surface area contributed by atoms with Gasteiger partial charge in [0.1, 0.15) is 0 Å². The first kappa shape index (κ1) is 26.5. The van der Waals surface area contributed by atoms with Crippen molar-refractivity contribution in [3.8, 4) is 0 Å². The summed E-state index contributed by atoms with van der Waals surface area (Å²) in [6, 6.07) is 17.0. The molecule has 1 aliphatic rings. The molecular formula is C27H32IN5Se. The summed E-state index contributed by atoms with van der Waals surface area (Å²) < 4.78 is 4.43. The number of hydrogen-bond donors (Lipinski definition) is 0. The van der Waals surface area contributed by atoms with Gasteiger partial charge in [0, 0.05) is 0 Å². The number of azo groups is 1. The van der Waals surface area contributed by atoms with Gasteiger partial charge in [-0.25, -0.2) is 0 Å². The molecule has 0 unspecified atom stereocenters. The predicted octanol–water partition coefficient (Wildman–Crippen LogP) is 3.51. The number of halogens is 1.